The summed E-state index contributed by atoms with van der Waals surface area (Å²) in [5.74, 6) is 0.394. The Morgan fingerprint density at radius 2 is 2.00 bits per heavy atom. The van der Waals surface area contributed by atoms with Crippen LogP contribution in [-0.4, -0.2) is 32.4 Å². The number of benzene rings is 2. The monoisotopic (exact) mass is 524 g/mol. The number of halogens is 1. The van der Waals surface area contributed by atoms with Gasteiger partial charge in [0.1, 0.15) is 17.3 Å². The van der Waals surface area contributed by atoms with Crippen LogP contribution in [-0.2, 0) is 18.4 Å². The molecule has 2 aromatic heterocycles. The number of hydrogen-bond acceptors (Lipinski definition) is 6. The molecule has 2 heterocycles. The average molecular weight is 525 g/mol. The van der Waals surface area contributed by atoms with Crippen molar-refractivity contribution in [2.24, 2.45) is 13.0 Å². The van der Waals surface area contributed by atoms with Crippen molar-refractivity contribution in [3.8, 4) is 17.2 Å². The summed E-state index contributed by atoms with van der Waals surface area (Å²) in [7, 11) is 3.35. The summed E-state index contributed by atoms with van der Waals surface area (Å²) in [4.78, 5) is 36.4. The highest BCUT2D eigenvalue weighted by Crippen LogP contribution is 2.31. The van der Waals surface area contributed by atoms with E-state index in [1.807, 2.05) is 48.5 Å². The first-order valence-electron chi connectivity index (χ1n) is 12.2. The number of amides is 1. The highest BCUT2D eigenvalue weighted by molar-refractivity contribution is 6.33. The van der Waals surface area contributed by atoms with Gasteiger partial charge in [0, 0.05) is 54.1 Å². The second-order valence-corrected chi connectivity index (χ2v) is 9.80. The number of fused-ring (bicyclic) bond motifs is 1. The van der Waals surface area contributed by atoms with Gasteiger partial charge in [-0.2, -0.15) is 10.2 Å². The molecule has 0 saturated heterocycles. The van der Waals surface area contributed by atoms with Crippen molar-refractivity contribution in [2.45, 2.75) is 19.4 Å². The minimum Gasteiger partial charge on any atom is -0.337 e. The van der Waals surface area contributed by atoms with Gasteiger partial charge in [-0.05, 0) is 48.6 Å². The van der Waals surface area contributed by atoms with Crippen molar-refractivity contribution >= 4 is 40.2 Å². The fourth-order valence-electron chi connectivity index (χ4n) is 4.26. The largest absolute Gasteiger partial charge is 0.337 e. The molecule has 0 spiro atoms. The highest BCUT2D eigenvalue weighted by atomic mass is 35.5. The van der Waals surface area contributed by atoms with E-state index in [0.29, 0.717) is 45.6 Å². The number of nitrogens with zero attached hydrogens (tertiary/aromatic N) is 5. The lowest BCUT2D eigenvalue weighted by atomic mass is 10.1. The third-order valence-electron chi connectivity index (χ3n) is 6.44. The number of pyridine rings is 1. The molecular weight excluding hydrogens is 500 g/mol. The molecule has 5 rings (SSSR count). The first-order valence-corrected chi connectivity index (χ1v) is 12.6. The molecular formula is C29H25ClN6O2. The van der Waals surface area contributed by atoms with Crippen LogP contribution in [0, 0.1) is 17.2 Å². The SMILES string of the molecule is CN(Cc1cccc(Nc2ncc3cc(-c4ccccc4Cl)c(=O)n(C)c3n2)c1)C(=O)C(C#N)=CC1CC1. The molecule has 8 nitrogen and oxygen atoms in total. The molecule has 9 heteroatoms. The number of nitriles is 1. The maximum atomic E-state index is 13.1. The molecule has 1 N–H and O–H groups in total. The molecule has 38 heavy (non-hydrogen) atoms. The zero-order valence-corrected chi connectivity index (χ0v) is 21.7. The van der Waals surface area contributed by atoms with Crippen LogP contribution in [0.15, 0.2) is 77.2 Å². The van der Waals surface area contributed by atoms with E-state index in [-0.39, 0.29) is 17.0 Å². The average Bonchev–Trinajstić information content (AvgIpc) is 3.74. The molecule has 0 atom stereocenters. The van der Waals surface area contributed by atoms with Crippen LogP contribution < -0.4 is 10.9 Å². The van der Waals surface area contributed by atoms with E-state index in [0.717, 1.165) is 24.1 Å². The zero-order chi connectivity index (χ0) is 26.8. The van der Waals surface area contributed by atoms with Gasteiger partial charge in [0.15, 0.2) is 0 Å². The van der Waals surface area contributed by atoms with Crippen LogP contribution >= 0.6 is 11.6 Å². The predicted molar refractivity (Wildman–Crippen MR) is 148 cm³/mol. The maximum absolute atomic E-state index is 13.1. The quantitative estimate of drug-likeness (QED) is 0.263. The summed E-state index contributed by atoms with van der Waals surface area (Å²) in [5, 5.41) is 13.8. The van der Waals surface area contributed by atoms with Gasteiger partial charge < -0.3 is 10.2 Å². The number of rotatable bonds is 7. The summed E-state index contributed by atoms with van der Waals surface area (Å²) in [6.07, 6.45) is 5.50. The number of hydrogen-bond donors (Lipinski definition) is 1. The predicted octanol–water partition coefficient (Wildman–Crippen LogP) is 5.21. The van der Waals surface area contributed by atoms with Crippen molar-refractivity contribution in [1.29, 1.82) is 5.26 Å². The standard InChI is InChI=1S/C29H25ClN6O2/c1-35(27(37)20(15-31)12-18-10-11-18)17-19-6-5-7-22(13-19)33-29-32-16-21-14-24(23-8-3-4-9-25(23)30)28(38)36(2)26(21)34-29/h3-9,12-14,16,18H,10-11,17H2,1-2H3,(H,32,33,34). The molecule has 0 radical (unpaired) electrons. The van der Waals surface area contributed by atoms with Gasteiger partial charge in [0.25, 0.3) is 11.5 Å². The topological polar surface area (TPSA) is 104 Å². The third-order valence-corrected chi connectivity index (χ3v) is 6.77. The normalized spacial score (nSPS) is 13.3. The fraction of sp³-hybridized carbons (Fsp3) is 0.207. The van der Waals surface area contributed by atoms with Gasteiger partial charge in [-0.25, -0.2) is 4.98 Å². The first-order chi connectivity index (χ1) is 18.3. The third kappa shape index (κ3) is 5.29. The van der Waals surface area contributed by atoms with Gasteiger partial charge in [-0.1, -0.05) is 48.0 Å². The maximum Gasteiger partial charge on any atom is 0.264 e. The molecule has 2 aromatic carbocycles. The minimum absolute atomic E-state index is 0.192. The van der Waals surface area contributed by atoms with E-state index in [4.69, 9.17) is 11.6 Å². The Kier molecular flexibility index (Phi) is 6.95. The lowest BCUT2D eigenvalue weighted by molar-refractivity contribution is -0.126. The molecule has 1 aliphatic carbocycles. The van der Waals surface area contributed by atoms with Crippen molar-refractivity contribution in [3.05, 3.63) is 93.4 Å². The lowest BCUT2D eigenvalue weighted by Gasteiger charge is -2.17. The van der Waals surface area contributed by atoms with E-state index in [9.17, 15) is 14.9 Å². The Bertz CT molecular complexity index is 1680. The summed E-state index contributed by atoms with van der Waals surface area (Å²) >= 11 is 6.33. The van der Waals surface area contributed by atoms with E-state index in [1.54, 1.807) is 38.5 Å². The molecule has 0 bridgehead atoms. The van der Waals surface area contributed by atoms with E-state index >= 15 is 0 Å². The second kappa shape index (κ2) is 10.5. The summed E-state index contributed by atoms with van der Waals surface area (Å²) in [5.41, 5.74) is 3.21. The van der Waals surface area contributed by atoms with Crippen LogP contribution in [0.4, 0.5) is 11.6 Å². The summed E-state index contributed by atoms with van der Waals surface area (Å²) in [6.45, 7) is 0.343. The van der Waals surface area contributed by atoms with Crippen LogP contribution in [0.5, 0.6) is 0 Å². The van der Waals surface area contributed by atoms with Gasteiger partial charge in [-0.15, -0.1) is 0 Å². The van der Waals surface area contributed by atoms with Crippen LogP contribution in [0.3, 0.4) is 0 Å². The van der Waals surface area contributed by atoms with Crippen LogP contribution in [0.25, 0.3) is 22.2 Å². The van der Waals surface area contributed by atoms with Crippen molar-refractivity contribution in [3.63, 3.8) is 0 Å². The molecule has 1 saturated carbocycles. The van der Waals surface area contributed by atoms with Gasteiger partial charge in [0.05, 0.1) is 0 Å². The Balaban J connectivity index is 1.37. The number of allylic oxidation sites excluding steroid dienone is 1. The Morgan fingerprint density at radius 3 is 2.74 bits per heavy atom. The van der Waals surface area contributed by atoms with Gasteiger partial charge in [-0.3, -0.25) is 14.2 Å². The number of anilines is 2. The number of aromatic nitrogens is 3. The smallest absolute Gasteiger partial charge is 0.264 e. The number of carbonyl (C=O) groups is 1. The lowest BCUT2D eigenvalue weighted by Crippen LogP contribution is -2.27. The van der Waals surface area contributed by atoms with Crippen LogP contribution in [0.1, 0.15) is 18.4 Å². The molecule has 1 amide bonds. The first kappa shape index (κ1) is 25.2. The molecule has 190 valence electrons. The summed E-state index contributed by atoms with van der Waals surface area (Å²) < 4.78 is 1.49. The minimum atomic E-state index is -0.285. The molecule has 0 aliphatic heterocycles. The van der Waals surface area contributed by atoms with Crippen molar-refractivity contribution in [1.82, 2.24) is 19.4 Å². The van der Waals surface area contributed by atoms with Crippen molar-refractivity contribution < 1.29 is 4.79 Å². The zero-order valence-electron chi connectivity index (χ0n) is 21.0. The number of likely N-dealkylation sites (N-methyl/N-ethyl adjacent to an activating group) is 1. The fourth-order valence-corrected chi connectivity index (χ4v) is 4.50. The number of aryl methyl sites for hydroxylation is 1. The van der Waals surface area contributed by atoms with Gasteiger partial charge in [0.2, 0.25) is 5.95 Å². The Morgan fingerprint density at radius 1 is 1.21 bits per heavy atom. The molecule has 4 aromatic rings. The second-order valence-electron chi connectivity index (χ2n) is 9.39. The van der Waals surface area contributed by atoms with E-state index in [1.165, 1.54) is 9.47 Å². The molecule has 1 aliphatic rings. The highest BCUT2D eigenvalue weighted by Gasteiger charge is 2.23. The number of carbonyl (C=O) groups excluding carboxylic acids is 1. The van der Waals surface area contributed by atoms with Crippen molar-refractivity contribution in [2.75, 3.05) is 12.4 Å². The molecule has 1 fully saturated rings. The van der Waals surface area contributed by atoms with E-state index in [2.05, 4.69) is 15.3 Å². The van der Waals surface area contributed by atoms with Crippen LogP contribution in [0.2, 0.25) is 5.02 Å². The van der Waals surface area contributed by atoms with Gasteiger partial charge >= 0.3 is 0 Å². The number of nitrogens with one attached hydrogen (secondary N) is 1. The molecule has 0 unspecified atom stereocenters. The van der Waals surface area contributed by atoms with E-state index < -0.39 is 0 Å². The Hall–Kier alpha value is -4.48. The summed E-state index contributed by atoms with van der Waals surface area (Å²) in [6, 6.07) is 18.5. The Labute approximate surface area is 224 Å².